The van der Waals surface area contributed by atoms with E-state index in [9.17, 15) is 43.9 Å². The Bertz CT molecular complexity index is 409. The Balaban J connectivity index is 3.66. The highest BCUT2D eigenvalue weighted by Gasteiger charge is 2.72. The first-order valence-corrected chi connectivity index (χ1v) is 3.64. The van der Waals surface area contributed by atoms with Crippen molar-refractivity contribution >= 4 is 0 Å². The van der Waals surface area contributed by atoms with Gasteiger partial charge in [0.2, 0.25) is 5.83 Å². The molecule has 0 radical (unpaired) electrons. The Morgan fingerprint density at radius 1 is 0.706 bits per heavy atom. The number of halogens is 10. The van der Waals surface area contributed by atoms with E-state index in [-0.39, 0.29) is 0 Å². The Kier molecular flexibility index (Phi) is 2.76. The molecule has 0 saturated heterocycles. The Morgan fingerprint density at radius 3 is 1.47 bits per heavy atom. The highest BCUT2D eigenvalue weighted by molar-refractivity contribution is 5.44. The third kappa shape index (κ3) is 1.69. The average Bonchev–Trinajstić information content (AvgIpc) is 2.10. The number of allylic oxidation sites excluding steroid dienone is 4. The predicted octanol–water partition coefficient (Wildman–Crippen LogP) is 4.21. The lowest BCUT2D eigenvalue weighted by atomic mass is 9.94. The van der Waals surface area contributed by atoms with Crippen molar-refractivity contribution in [2.45, 2.75) is 18.0 Å². The van der Waals surface area contributed by atoms with Crippen LogP contribution in [0.15, 0.2) is 23.1 Å². The molecule has 0 aromatic carbocycles. The van der Waals surface area contributed by atoms with Crippen molar-refractivity contribution in [3.63, 3.8) is 0 Å². The van der Waals surface area contributed by atoms with Crippen LogP contribution in [0.2, 0.25) is 0 Å². The Hall–Kier alpha value is -1.22. The molecule has 1 aliphatic rings. The fourth-order valence-corrected chi connectivity index (χ4v) is 1.08. The van der Waals surface area contributed by atoms with E-state index in [1.165, 1.54) is 0 Å². The van der Waals surface area contributed by atoms with Crippen LogP contribution in [0.4, 0.5) is 43.9 Å². The van der Waals surface area contributed by atoms with Crippen molar-refractivity contribution in [1.82, 2.24) is 0 Å². The SMILES string of the molecule is FC1=C(F)C(F)(F)C(F)(F)C(C(F)(F)F)=C1F. The quantitative estimate of drug-likeness (QED) is 0.580. The zero-order valence-corrected chi connectivity index (χ0v) is 7.28. The summed E-state index contributed by atoms with van der Waals surface area (Å²) in [7, 11) is 0. The van der Waals surface area contributed by atoms with Crippen molar-refractivity contribution in [3.05, 3.63) is 23.1 Å². The standard InChI is InChI=1S/C7F10/c8-1-2(9)4(10)6(13,14)5(11,12)3(1)7(15,16)17. The van der Waals surface area contributed by atoms with E-state index in [1.807, 2.05) is 0 Å². The van der Waals surface area contributed by atoms with Crippen LogP contribution in [-0.4, -0.2) is 18.0 Å². The van der Waals surface area contributed by atoms with Gasteiger partial charge in [0, 0.05) is 0 Å². The third-order valence-electron chi connectivity index (χ3n) is 1.87. The molecule has 10 heteroatoms. The lowest BCUT2D eigenvalue weighted by Crippen LogP contribution is -2.49. The Morgan fingerprint density at radius 2 is 1.12 bits per heavy atom. The summed E-state index contributed by atoms with van der Waals surface area (Å²) in [4.78, 5) is 0. The minimum Gasteiger partial charge on any atom is -0.203 e. The van der Waals surface area contributed by atoms with E-state index in [2.05, 4.69) is 0 Å². The second-order valence-electron chi connectivity index (χ2n) is 2.96. The molecule has 0 aromatic heterocycles. The smallest absolute Gasteiger partial charge is 0.203 e. The van der Waals surface area contributed by atoms with Crippen molar-refractivity contribution in [2.75, 3.05) is 0 Å². The van der Waals surface area contributed by atoms with Gasteiger partial charge in [-0.3, -0.25) is 0 Å². The van der Waals surface area contributed by atoms with Gasteiger partial charge < -0.3 is 0 Å². The summed E-state index contributed by atoms with van der Waals surface area (Å²) in [6, 6.07) is 0. The van der Waals surface area contributed by atoms with Gasteiger partial charge in [-0.25, -0.2) is 13.2 Å². The monoisotopic (exact) mass is 274 g/mol. The molecule has 1 rings (SSSR count). The highest BCUT2D eigenvalue weighted by atomic mass is 19.4. The van der Waals surface area contributed by atoms with Crippen LogP contribution in [0.3, 0.4) is 0 Å². The van der Waals surface area contributed by atoms with Crippen LogP contribution in [0.1, 0.15) is 0 Å². The second-order valence-corrected chi connectivity index (χ2v) is 2.96. The number of hydrogen-bond donors (Lipinski definition) is 0. The van der Waals surface area contributed by atoms with E-state index < -0.39 is 41.1 Å². The van der Waals surface area contributed by atoms with Gasteiger partial charge in [-0.15, -0.1) is 0 Å². The van der Waals surface area contributed by atoms with E-state index in [0.29, 0.717) is 0 Å². The molecule has 0 atom stereocenters. The Labute approximate surface area is 86.2 Å². The maximum Gasteiger partial charge on any atom is 0.421 e. The first kappa shape index (κ1) is 13.8. The van der Waals surface area contributed by atoms with Crippen molar-refractivity contribution in [1.29, 1.82) is 0 Å². The lowest BCUT2D eigenvalue weighted by molar-refractivity contribution is -0.214. The van der Waals surface area contributed by atoms with Crippen molar-refractivity contribution in [2.24, 2.45) is 0 Å². The van der Waals surface area contributed by atoms with Gasteiger partial charge in [-0.2, -0.15) is 30.7 Å². The third-order valence-corrected chi connectivity index (χ3v) is 1.87. The van der Waals surface area contributed by atoms with Gasteiger partial charge in [0.1, 0.15) is 5.57 Å². The highest BCUT2D eigenvalue weighted by Crippen LogP contribution is 2.56. The molecule has 0 heterocycles. The van der Waals surface area contributed by atoms with Crippen molar-refractivity contribution < 1.29 is 43.9 Å². The zero-order valence-electron chi connectivity index (χ0n) is 7.28. The van der Waals surface area contributed by atoms with Gasteiger partial charge in [-0.05, 0) is 0 Å². The molecule has 1 aliphatic carbocycles. The molecule has 0 saturated carbocycles. The van der Waals surface area contributed by atoms with Crippen molar-refractivity contribution in [3.8, 4) is 0 Å². The summed E-state index contributed by atoms with van der Waals surface area (Å²) in [6.07, 6.45) is -6.27. The number of alkyl halides is 7. The molecule has 0 fully saturated rings. The minimum atomic E-state index is -6.27. The number of hydrogen-bond acceptors (Lipinski definition) is 0. The van der Waals surface area contributed by atoms with Crippen LogP contribution in [0, 0.1) is 0 Å². The number of rotatable bonds is 0. The normalized spacial score (nSPS) is 24.4. The summed E-state index contributed by atoms with van der Waals surface area (Å²) in [5.41, 5.74) is -3.74. The fourth-order valence-electron chi connectivity index (χ4n) is 1.08. The molecule has 17 heavy (non-hydrogen) atoms. The first-order valence-electron chi connectivity index (χ1n) is 3.64. The average molecular weight is 274 g/mol. The van der Waals surface area contributed by atoms with E-state index in [4.69, 9.17) is 0 Å². The molecule has 0 nitrogen and oxygen atoms in total. The molecule has 0 aromatic rings. The van der Waals surface area contributed by atoms with E-state index >= 15 is 0 Å². The van der Waals surface area contributed by atoms with Crippen LogP contribution in [0.5, 0.6) is 0 Å². The van der Waals surface area contributed by atoms with Gasteiger partial charge in [0.05, 0.1) is 0 Å². The van der Waals surface area contributed by atoms with Crippen LogP contribution >= 0.6 is 0 Å². The summed E-state index contributed by atoms with van der Waals surface area (Å²) in [5.74, 6) is -22.6. The molecular weight excluding hydrogens is 274 g/mol. The molecule has 0 amide bonds. The summed E-state index contributed by atoms with van der Waals surface area (Å²) in [5, 5.41) is 0. The van der Waals surface area contributed by atoms with Crippen LogP contribution < -0.4 is 0 Å². The lowest BCUT2D eigenvalue weighted by Gasteiger charge is -2.31. The van der Waals surface area contributed by atoms with E-state index in [1.54, 1.807) is 0 Å². The molecule has 0 unspecified atom stereocenters. The molecule has 0 N–H and O–H groups in total. The summed E-state index contributed by atoms with van der Waals surface area (Å²) < 4.78 is 123. The maximum absolute atomic E-state index is 12.6. The van der Waals surface area contributed by atoms with Crippen LogP contribution in [0.25, 0.3) is 0 Å². The zero-order chi connectivity index (χ0) is 13.8. The molecular formula is C7F10. The summed E-state index contributed by atoms with van der Waals surface area (Å²) in [6.45, 7) is 0. The van der Waals surface area contributed by atoms with Gasteiger partial charge in [0.25, 0.3) is 0 Å². The molecule has 0 aliphatic heterocycles. The van der Waals surface area contributed by atoms with E-state index in [0.717, 1.165) is 0 Å². The van der Waals surface area contributed by atoms with Crippen LogP contribution in [-0.2, 0) is 0 Å². The summed E-state index contributed by atoms with van der Waals surface area (Å²) >= 11 is 0. The fraction of sp³-hybridized carbons (Fsp3) is 0.429. The maximum atomic E-state index is 12.6. The molecule has 98 valence electrons. The molecule has 0 bridgehead atoms. The first-order chi connectivity index (χ1) is 7.35. The second kappa shape index (κ2) is 3.39. The topological polar surface area (TPSA) is 0 Å². The predicted molar refractivity (Wildman–Crippen MR) is 33.3 cm³/mol. The van der Waals surface area contributed by atoms with Gasteiger partial charge in [0.15, 0.2) is 11.7 Å². The minimum absolute atomic E-state index is 3.28. The largest absolute Gasteiger partial charge is 0.421 e. The van der Waals surface area contributed by atoms with Gasteiger partial charge in [-0.1, -0.05) is 0 Å². The van der Waals surface area contributed by atoms with Gasteiger partial charge >= 0.3 is 18.0 Å². The molecule has 0 spiro atoms.